The number of aromatic nitrogens is 3. The summed E-state index contributed by atoms with van der Waals surface area (Å²) in [7, 11) is 1.73. The van der Waals surface area contributed by atoms with Gasteiger partial charge in [0.25, 0.3) is 0 Å². The maximum atomic E-state index is 13.5. The van der Waals surface area contributed by atoms with Crippen molar-refractivity contribution in [2.45, 2.75) is 6.54 Å². The zero-order valence-electron chi connectivity index (χ0n) is 9.34. The lowest BCUT2D eigenvalue weighted by Gasteiger charge is -2.18. The lowest BCUT2D eigenvalue weighted by atomic mass is 10.3. The molecule has 2 rings (SSSR count). The van der Waals surface area contributed by atoms with Crippen molar-refractivity contribution in [3.63, 3.8) is 0 Å². The van der Waals surface area contributed by atoms with Crippen LogP contribution in [0.2, 0.25) is 0 Å². The second-order valence-corrected chi connectivity index (χ2v) is 3.62. The smallest absolute Gasteiger partial charge is 0.222 e. The molecule has 6 heteroatoms. The van der Waals surface area contributed by atoms with Crippen LogP contribution in [0.4, 0.5) is 16.2 Å². The molecule has 88 valence electrons. The third kappa shape index (κ3) is 2.66. The molecule has 0 saturated carbocycles. The van der Waals surface area contributed by atoms with Crippen LogP contribution in [0.5, 0.6) is 0 Å². The van der Waals surface area contributed by atoms with Crippen molar-refractivity contribution in [3.05, 3.63) is 42.1 Å². The van der Waals surface area contributed by atoms with E-state index in [0.29, 0.717) is 6.54 Å². The SMILES string of the molecule is CN(Cc1cccnc1)c1nc(N)ncc1F. The van der Waals surface area contributed by atoms with Crippen LogP contribution in [0.15, 0.2) is 30.7 Å². The summed E-state index contributed by atoms with van der Waals surface area (Å²) in [4.78, 5) is 13.1. The highest BCUT2D eigenvalue weighted by Gasteiger charge is 2.10. The summed E-state index contributed by atoms with van der Waals surface area (Å²) in [5, 5.41) is 0. The van der Waals surface area contributed by atoms with Crippen LogP contribution in [0.1, 0.15) is 5.56 Å². The largest absolute Gasteiger partial charge is 0.368 e. The average molecular weight is 233 g/mol. The van der Waals surface area contributed by atoms with Crippen molar-refractivity contribution < 1.29 is 4.39 Å². The first kappa shape index (κ1) is 11.3. The van der Waals surface area contributed by atoms with Crippen LogP contribution in [0.25, 0.3) is 0 Å². The highest BCUT2D eigenvalue weighted by Crippen LogP contribution is 2.16. The molecule has 0 radical (unpaired) electrons. The molecular weight excluding hydrogens is 221 g/mol. The third-order valence-electron chi connectivity index (χ3n) is 2.25. The molecule has 2 aromatic rings. The van der Waals surface area contributed by atoms with Crippen LogP contribution < -0.4 is 10.6 Å². The van der Waals surface area contributed by atoms with Crippen molar-refractivity contribution in [3.8, 4) is 0 Å². The zero-order valence-corrected chi connectivity index (χ0v) is 9.34. The van der Waals surface area contributed by atoms with Crippen molar-refractivity contribution in [1.82, 2.24) is 15.0 Å². The Labute approximate surface area is 98.1 Å². The van der Waals surface area contributed by atoms with Crippen molar-refractivity contribution in [1.29, 1.82) is 0 Å². The minimum absolute atomic E-state index is 0.0550. The summed E-state index contributed by atoms with van der Waals surface area (Å²) in [5.41, 5.74) is 6.40. The van der Waals surface area contributed by atoms with E-state index in [4.69, 9.17) is 5.73 Å². The first-order valence-corrected chi connectivity index (χ1v) is 5.05. The molecule has 0 bridgehead atoms. The topological polar surface area (TPSA) is 67.9 Å². The lowest BCUT2D eigenvalue weighted by Crippen LogP contribution is -2.20. The number of hydrogen-bond acceptors (Lipinski definition) is 5. The predicted octanol–water partition coefficient (Wildman–Crippen LogP) is 1.23. The second kappa shape index (κ2) is 4.73. The zero-order chi connectivity index (χ0) is 12.3. The number of pyridine rings is 1. The molecule has 0 atom stereocenters. The molecular formula is C11H12FN5. The van der Waals surface area contributed by atoms with E-state index in [1.54, 1.807) is 24.3 Å². The van der Waals surface area contributed by atoms with Crippen LogP contribution in [-0.4, -0.2) is 22.0 Å². The van der Waals surface area contributed by atoms with Crippen molar-refractivity contribution >= 4 is 11.8 Å². The van der Waals surface area contributed by atoms with Crippen LogP contribution >= 0.6 is 0 Å². The minimum atomic E-state index is -0.495. The Balaban J connectivity index is 2.20. The summed E-state index contributed by atoms with van der Waals surface area (Å²) in [6.45, 7) is 0.501. The molecule has 0 spiro atoms. The second-order valence-electron chi connectivity index (χ2n) is 3.62. The van der Waals surface area contributed by atoms with E-state index in [2.05, 4.69) is 15.0 Å². The minimum Gasteiger partial charge on any atom is -0.368 e. The van der Waals surface area contributed by atoms with Gasteiger partial charge in [0.15, 0.2) is 11.6 Å². The van der Waals surface area contributed by atoms with Crippen LogP contribution in [0, 0.1) is 5.82 Å². The molecule has 2 aromatic heterocycles. The van der Waals surface area contributed by atoms with Crippen molar-refractivity contribution in [2.24, 2.45) is 0 Å². The van der Waals surface area contributed by atoms with E-state index in [-0.39, 0.29) is 11.8 Å². The van der Waals surface area contributed by atoms with Gasteiger partial charge in [-0.15, -0.1) is 0 Å². The molecule has 0 unspecified atom stereocenters. The number of nitrogens with two attached hydrogens (primary N) is 1. The first-order valence-electron chi connectivity index (χ1n) is 5.05. The Morgan fingerprint density at radius 3 is 2.94 bits per heavy atom. The molecule has 0 aliphatic rings. The highest BCUT2D eigenvalue weighted by atomic mass is 19.1. The Hall–Kier alpha value is -2.24. The third-order valence-corrected chi connectivity index (χ3v) is 2.25. The number of hydrogen-bond donors (Lipinski definition) is 1. The molecule has 2 N–H and O–H groups in total. The number of nitrogen functional groups attached to an aromatic ring is 1. The molecule has 0 amide bonds. The maximum Gasteiger partial charge on any atom is 0.222 e. The average Bonchev–Trinajstić information content (AvgIpc) is 2.33. The number of rotatable bonds is 3. The Morgan fingerprint density at radius 1 is 1.41 bits per heavy atom. The van der Waals surface area contributed by atoms with Gasteiger partial charge < -0.3 is 10.6 Å². The van der Waals surface area contributed by atoms with E-state index in [1.165, 1.54) is 0 Å². The summed E-state index contributed by atoms with van der Waals surface area (Å²) in [6, 6.07) is 3.74. The molecule has 17 heavy (non-hydrogen) atoms. The summed E-state index contributed by atoms with van der Waals surface area (Å²) in [6.07, 6.45) is 4.48. The monoisotopic (exact) mass is 233 g/mol. The maximum absolute atomic E-state index is 13.5. The number of anilines is 2. The quantitative estimate of drug-likeness (QED) is 0.863. The van der Waals surface area contributed by atoms with Gasteiger partial charge in [0.2, 0.25) is 5.95 Å². The Bertz CT molecular complexity index is 502. The van der Waals surface area contributed by atoms with E-state index in [1.807, 2.05) is 12.1 Å². The summed E-state index contributed by atoms with van der Waals surface area (Å²) < 4.78 is 13.5. The van der Waals surface area contributed by atoms with Gasteiger partial charge >= 0.3 is 0 Å². The molecule has 2 heterocycles. The fourth-order valence-corrected chi connectivity index (χ4v) is 1.48. The Morgan fingerprint density at radius 2 is 2.24 bits per heavy atom. The normalized spacial score (nSPS) is 10.2. The lowest BCUT2D eigenvalue weighted by molar-refractivity contribution is 0.608. The highest BCUT2D eigenvalue weighted by molar-refractivity contribution is 5.42. The first-order chi connectivity index (χ1) is 8.16. The fraction of sp³-hybridized carbons (Fsp3) is 0.182. The standard InChI is InChI=1S/C11H12FN5/c1-17(7-8-3-2-4-14-5-8)10-9(12)6-15-11(13)16-10/h2-6H,7H2,1H3,(H2,13,15,16). The van der Waals surface area contributed by atoms with Gasteiger partial charge in [-0.05, 0) is 11.6 Å². The van der Waals surface area contributed by atoms with Gasteiger partial charge in [0.1, 0.15) is 0 Å². The van der Waals surface area contributed by atoms with E-state index in [0.717, 1.165) is 11.8 Å². The fourth-order valence-electron chi connectivity index (χ4n) is 1.48. The van der Waals surface area contributed by atoms with E-state index >= 15 is 0 Å². The van der Waals surface area contributed by atoms with Gasteiger partial charge in [-0.2, -0.15) is 4.98 Å². The number of nitrogens with zero attached hydrogens (tertiary/aromatic N) is 4. The molecule has 0 saturated heterocycles. The van der Waals surface area contributed by atoms with Crippen LogP contribution in [-0.2, 0) is 6.54 Å². The van der Waals surface area contributed by atoms with Crippen molar-refractivity contribution in [2.75, 3.05) is 17.7 Å². The van der Waals surface area contributed by atoms with Gasteiger partial charge in [0.05, 0.1) is 6.20 Å². The van der Waals surface area contributed by atoms with Crippen LogP contribution in [0.3, 0.4) is 0 Å². The Kier molecular flexibility index (Phi) is 3.13. The molecule has 0 aliphatic carbocycles. The summed E-state index contributed by atoms with van der Waals surface area (Å²) >= 11 is 0. The van der Waals surface area contributed by atoms with Gasteiger partial charge in [-0.1, -0.05) is 6.07 Å². The molecule has 0 fully saturated rings. The predicted molar refractivity (Wildman–Crippen MR) is 62.7 cm³/mol. The van der Waals surface area contributed by atoms with Gasteiger partial charge in [-0.3, -0.25) is 4.98 Å². The van der Waals surface area contributed by atoms with Gasteiger partial charge in [-0.25, -0.2) is 9.37 Å². The van der Waals surface area contributed by atoms with E-state index < -0.39 is 5.82 Å². The summed E-state index contributed by atoms with van der Waals surface area (Å²) in [5.74, 6) is -0.258. The number of halogens is 1. The van der Waals surface area contributed by atoms with Gasteiger partial charge in [0, 0.05) is 26.0 Å². The molecule has 0 aromatic carbocycles. The molecule has 5 nitrogen and oxygen atoms in total. The van der Waals surface area contributed by atoms with E-state index in [9.17, 15) is 4.39 Å². The molecule has 0 aliphatic heterocycles.